The summed E-state index contributed by atoms with van der Waals surface area (Å²) in [7, 11) is 0. The Bertz CT molecular complexity index is 1170. The van der Waals surface area contributed by atoms with Gasteiger partial charge in [-0.1, -0.05) is 44.0 Å². The van der Waals surface area contributed by atoms with Gasteiger partial charge >= 0.3 is 0 Å². The molecule has 2 N–H and O–H groups in total. The van der Waals surface area contributed by atoms with Gasteiger partial charge in [-0.15, -0.1) is 0 Å². The molecule has 0 radical (unpaired) electrons. The highest BCUT2D eigenvalue weighted by Gasteiger charge is 2.41. The summed E-state index contributed by atoms with van der Waals surface area (Å²) < 4.78 is 2.44. The lowest BCUT2D eigenvalue weighted by atomic mass is 10.0. The van der Waals surface area contributed by atoms with Crippen molar-refractivity contribution < 1.29 is 4.79 Å². The Labute approximate surface area is 212 Å². The number of anilines is 1. The summed E-state index contributed by atoms with van der Waals surface area (Å²) in [6.07, 6.45) is 10.2. The van der Waals surface area contributed by atoms with E-state index in [1.807, 2.05) is 42.6 Å². The van der Waals surface area contributed by atoms with E-state index in [1.54, 1.807) is 0 Å². The normalized spacial score (nSPS) is 20.3. The molecule has 2 fully saturated rings. The number of rotatable bonds is 8. The van der Waals surface area contributed by atoms with Crippen LogP contribution in [0.1, 0.15) is 74.1 Å². The molecule has 2 atom stereocenters. The number of aryl methyl sites for hydroxylation is 1. The molecule has 3 heterocycles. The summed E-state index contributed by atoms with van der Waals surface area (Å²) in [4.78, 5) is 19.8. The fraction of sp³-hybridized carbons (Fsp3) is 0.393. The minimum Gasteiger partial charge on any atom is -0.352 e. The van der Waals surface area contributed by atoms with Crippen LogP contribution in [0.5, 0.6) is 0 Å². The smallest absolute Gasteiger partial charge is 0.226 e. The number of para-hydroxylation sites is 1. The number of amides is 1. The summed E-state index contributed by atoms with van der Waals surface area (Å²) >= 11 is 5.81. The van der Waals surface area contributed by atoms with Gasteiger partial charge in [-0.25, -0.2) is 0 Å². The number of aromatic nitrogens is 2. The van der Waals surface area contributed by atoms with Gasteiger partial charge in [0.25, 0.3) is 0 Å². The van der Waals surface area contributed by atoms with E-state index in [0.29, 0.717) is 24.1 Å². The van der Waals surface area contributed by atoms with E-state index >= 15 is 0 Å². The van der Waals surface area contributed by atoms with Gasteiger partial charge in [0.2, 0.25) is 5.91 Å². The van der Waals surface area contributed by atoms with Crippen LogP contribution in [-0.2, 0) is 11.2 Å². The average molecular weight is 488 g/mol. The molecule has 1 aliphatic carbocycles. The van der Waals surface area contributed by atoms with E-state index in [-0.39, 0.29) is 18.0 Å². The molecule has 6 nitrogen and oxygen atoms in total. The topological polar surface area (TPSA) is 62.2 Å². The first-order valence-corrected chi connectivity index (χ1v) is 13.1. The fourth-order valence-electron chi connectivity index (χ4n) is 5.53. The van der Waals surface area contributed by atoms with Crippen LogP contribution in [0, 0.1) is 0 Å². The lowest BCUT2D eigenvalue weighted by molar-refractivity contribution is -0.116. The monoisotopic (exact) mass is 487 g/mol. The minimum absolute atomic E-state index is 0.0000818. The minimum atomic E-state index is -0.0670. The number of benzene rings is 1. The molecule has 3 aromatic rings. The molecule has 1 aliphatic heterocycles. The van der Waals surface area contributed by atoms with Gasteiger partial charge in [0.1, 0.15) is 0 Å². The van der Waals surface area contributed by atoms with E-state index in [9.17, 15) is 4.79 Å². The van der Waals surface area contributed by atoms with Crippen LogP contribution in [0.4, 0.5) is 5.69 Å². The number of carbonyl (C=O) groups is 1. The Kier molecular flexibility index (Phi) is 7.13. The molecule has 1 aromatic carbocycles. The largest absolute Gasteiger partial charge is 0.352 e. The molecule has 35 heavy (non-hydrogen) atoms. The van der Waals surface area contributed by atoms with Gasteiger partial charge in [-0.05, 0) is 67.4 Å². The molecule has 0 unspecified atom stereocenters. The maximum atomic E-state index is 12.9. The Morgan fingerprint density at radius 2 is 1.91 bits per heavy atom. The van der Waals surface area contributed by atoms with Crippen LogP contribution < -0.4 is 10.6 Å². The van der Waals surface area contributed by atoms with Gasteiger partial charge in [0, 0.05) is 42.8 Å². The molecule has 7 heteroatoms. The Hall–Kier alpha value is -3.19. The lowest BCUT2D eigenvalue weighted by Gasteiger charge is -2.30. The molecule has 1 saturated carbocycles. The van der Waals surface area contributed by atoms with Crippen LogP contribution >= 0.6 is 12.2 Å². The van der Waals surface area contributed by atoms with Gasteiger partial charge < -0.3 is 20.1 Å². The molecule has 2 aliphatic rings. The number of hydrogen-bond acceptors (Lipinski definition) is 3. The molecule has 5 rings (SSSR count). The highest BCUT2D eigenvalue weighted by Crippen LogP contribution is 2.41. The van der Waals surface area contributed by atoms with Crippen LogP contribution in [0.25, 0.3) is 0 Å². The third-order valence-electron chi connectivity index (χ3n) is 7.28. The zero-order valence-electron chi connectivity index (χ0n) is 20.2. The number of pyridine rings is 1. The Morgan fingerprint density at radius 3 is 2.69 bits per heavy atom. The van der Waals surface area contributed by atoms with Crippen LogP contribution in [0.3, 0.4) is 0 Å². The van der Waals surface area contributed by atoms with E-state index in [1.165, 1.54) is 31.4 Å². The van der Waals surface area contributed by atoms with Crippen LogP contribution in [0.15, 0.2) is 67.0 Å². The van der Waals surface area contributed by atoms with Crippen molar-refractivity contribution in [3.63, 3.8) is 0 Å². The molecule has 0 spiro atoms. The highest BCUT2D eigenvalue weighted by molar-refractivity contribution is 7.80. The summed E-state index contributed by atoms with van der Waals surface area (Å²) in [6.45, 7) is 2.64. The van der Waals surface area contributed by atoms with E-state index < -0.39 is 0 Å². The van der Waals surface area contributed by atoms with Crippen molar-refractivity contribution in [3.05, 3.63) is 83.9 Å². The van der Waals surface area contributed by atoms with Gasteiger partial charge in [-0.3, -0.25) is 9.78 Å². The maximum Gasteiger partial charge on any atom is 0.226 e. The van der Waals surface area contributed by atoms with Crippen LogP contribution in [0.2, 0.25) is 0 Å². The number of hydrogen-bond donors (Lipinski definition) is 2. The van der Waals surface area contributed by atoms with Crippen molar-refractivity contribution >= 4 is 28.9 Å². The van der Waals surface area contributed by atoms with Crippen molar-refractivity contribution in [2.24, 2.45) is 0 Å². The lowest BCUT2D eigenvalue weighted by Crippen LogP contribution is -2.33. The zero-order chi connectivity index (χ0) is 24.2. The molecule has 182 valence electrons. The van der Waals surface area contributed by atoms with E-state index in [4.69, 9.17) is 12.2 Å². The number of carbonyl (C=O) groups excluding carboxylic acids is 1. The standard InChI is InChI=1S/C28H33N5OS/c1-2-20-10-3-6-13-22(20)30-25(34)16-19-33-27(24-15-9-18-32(24)21-11-4-5-12-21)26(31-28(33)35)23-14-7-8-17-29-23/h3,6-10,13-15,17-18,21,26-27H,2,4-5,11-12,16,19H2,1H3,(H,30,34)(H,31,35)/t26-,27+/m0/s1. The zero-order valence-corrected chi connectivity index (χ0v) is 21.0. The van der Waals surface area contributed by atoms with Gasteiger partial charge in [0.05, 0.1) is 17.8 Å². The summed E-state index contributed by atoms with van der Waals surface area (Å²) in [5.41, 5.74) is 4.22. The second kappa shape index (κ2) is 10.6. The molecule has 0 bridgehead atoms. The first-order chi connectivity index (χ1) is 17.2. The molecular formula is C28H33N5OS. The summed E-state index contributed by atoms with van der Waals surface area (Å²) in [5, 5.41) is 7.29. The third-order valence-corrected chi connectivity index (χ3v) is 7.64. The highest BCUT2D eigenvalue weighted by atomic mass is 32.1. The Morgan fingerprint density at radius 1 is 1.11 bits per heavy atom. The second-order valence-electron chi connectivity index (χ2n) is 9.41. The summed E-state index contributed by atoms with van der Waals surface area (Å²) in [5.74, 6) is -0.0000818. The maximum absolute atomic E-state index is 12.9. The van der Waals surface area contributed by atoms with Crippen molar-refractivity contribution in [2.75, 3.05) is 11.9 Å². The van der Waals surface area contributed by atoms with Gasteiger partial charge in [-0.2, -0.15) is 0 Å². The number of nitrogens with one attached hydrogen (secondary N) is 2. The molecule has 1 amide bonds. The number of nitrogens with zero attached hydrogens (tertiary/aromatic N) is 3. The van der Waals surface area contributed by atoms with E-state index in [2.05, 4.69) is 56.4 Å². The average Bonchev–Trinajstić information content (AvgIpc) is 3.63. The van der Waals surface area contributed by atoms with E-state index in [0.717, 1.165) is 23.4 Å². The predicted octanol–water partition coefficient (Wildman–Crippen LogP) is 5.56. The molecule has 2 aromatic heterocycles. The van der Waals surface area contributed by atoms with Gasteiger partial charge in [0.15, 0.2) is 5.11 Å². The number of thiocarbonyl (C=S) groups is 1. The predicted molar refractivity (Wildman–Crippen MR) is 143 cm³/mol. The van der Waals surface area contributed by atoms with Crippen molar-refractivity contribution in [2.45, 2.75) is 63.6 Å². The molecular weight excluding hydrogens is 454 g/mol. The quantitative estimate of drug-likeness (QED) is 0.407. The summed E-state index contributed by atoms with van der Waals surface area (Å²) in [6, 6.07) is 18.8. The van der Waals surface area contributed by atoms with Crippen molar-refractivity contribution in [3.8, 4) is 0 Å². The third kappa shape index (κ3) is 4.96. The fourth-order valence-corrected chi connectivity index (χ4v) is 5.86. The Balaban J connectivity index is 1.39. The SMILES string of the molecule is CCc1ccccc1NC(=O)CCN1C(=S)N[C@@H](c2ccccn2)[C@H]1c1cccn1C1CCCC1. The first-order valence-electron chi connectivity index (χ1n) is 12.7. The van der Waals surface area contributed by atoms with Crippen LogP contribution in [-0.4, -0.2) is 32.0 Å². The second-order valence-corrected chi connectivity index (χ2v) is 9.79. The van der Waals surface area contributed by atoms with Crippen molar-refractivity contribution in [1.29, 1.82) is 0 Å². The molecule has 1 saturated heterocycles. The van der Waals surface area contributed by atoms with Crippen molar-refractivity contribution in [1.82, 2.24) is 19.8 Å². The first kappa shape index (κ1) is 23.5.